The molecule has 0 radical (unpaired) electrons. The zero-order valence-electron chi connectivity index (χ0n) is 15.3. The summed E-state index contributed by atoms with van der Waals surface area (Å²) in [5.41, 5.74) is 2.85. The minimum absolute atomic E-state index is 0.338. The number of hydrogen-bond acceptors (Lipinski definition) is 5. The van der Waals surface area contributed by atoms with Crippen molar-refractivity contribution in [1.29, 1.82) is 0 Å². The van der Waals surface area contributed by atoms with Gasteiger partial charge in [-0.05, 0) is 29.8 Å². The molecule has 140 valence electrons. The fourth-order valence-corrected chi connectivity index (χ4v) is 3.06. The number of rotatable bonds is 6. The van der Waals surface area contributed by atoms with Gasteiger partial charge in [-0.25, -0.2) is 4.98 Å². The maximum absolute atomic E-state index is 11.1. The lowest BCUT2D eigenvalue weighted by molar-refractivity contribution is 0.206. The monoisotopic (exact) mass is 385 g/mol. The van der Waals surface area contributed by atoms with Gasteiger partial charge in [0, 0.05) is 27.9 Å². The number of hydrogen-bond donors (Lipinski definition) is 1. The first-order chi connectivity index (χ1) is 13.1. The Morgan fingerprint density at radius 2 is 1.63 bits per heavy atom. The Bertz CT molecular complexity index is 928. The molecule has 0 saturated carbocycles. The second-order valence-corrected chi connectivity index (χ2v) is 6.25. The molecule has 1 N–H and O–H groups in total. The maximum Gasteiger partial charge on any atom is 0.219 e. The van der Waals surface area contributed by atoms with Crippen LogP contribution in [0.5, 0.6) is 17.4 Å². The van der Waals surface area contributed by atoms with Crippen LogP contribution < -0.4 is 14.2 Å². The quantitative estimate of drug-likeness (QED) is 0.676. The van der Waals surface area contributed by atoms with Gasteiger partial charge in [-0.2, -0.15) is 0 Å². The van der Waals surface area contributed by atoms with E-state index in [9.17, 15) is 5.11 Å². The van der Waals surface area contributed by atoms with E-state index < -0.39 is 6.10 Å². The molecule has 0 saturated heterocycles. The van der Waals surface area contributed by atoms with E-state index in [-0.39, 0.29) is 0 Å². The van der Waals surface area contributed by atoms with Gasteiger partial charge in [0.1, 0.15) is 6.10 Å². The molecule has 1 unspecified atom stereocenters. The van der Waals surface area contributed by atoms with Crippen molar-refractivity contribution in [1.82, 2.24) is 4.98 Å². The number of aliphatic hydroxyl groups excluding tert-OH is 1. The summed E-state index contributed by atoms with van der Waals surface area (Å²) in [5.74, 6) is 1.34. The van der Waals surface area contributed by atoms with E-state index in [1.807, 2.05) is 30.3 Å². The lowest BCUT2D eigenvalue weighted by Gasteiger charge is -2.19. The number of aromatic nitrogens is 1. The van der Waals surface area contributed by atoms with Crippen LogP contribution in [0.15, 0.2) is 54.7 Å². The molecule has 0 spiro atoms. The van der Waals surface area contributed by atoms with E-state index in [1.54, 1.807) is 31.5 Å². The molecule has 0 aliphatic heterocycles. The molecule has 0 bridgehead atoms. The number of nitrogens with zero attached hydrogens (tertiary/aromatic N) is 1. The first-order valence-electron chi connectivity index (χ1n) is 8.27. The minimum Gasteiger partial charge on any atom is -0.493 e. The number of aliphatic hydroxyl groups is 1. The highest BCUT2D eigenvalue weighted by Crippen LogP contribution is 2.40. The molecule has 27 heavy (non-hydrogen) atoms. The van der Waals surface area contributed by atoms with Gasteiger partial charge in [-0.15, -0.1) is 0 Å². The van der Waals surface area contributed by atoms with Crippen LogP contribution in [0.2, 0.25) is 5.02 Å². The van der Waals surface area contributed by atoms with Crippen LogP contribution in [-0.2, 0) is 0 Å². The van der Waals surface area contributed by atoms with Gasteiger partial charge in [0.15, 0.2) is 11.5 Å². The first-order valence-corrected chi connectivity index (χ1v) is 8.65. The molecule has 0 fully saturated rings. The summed E-state index contributed by atoms with van der Waals surface area (Å²) >= 11 is 5.97. The lowest BCUT2D eigenvalue weighted by atomic mass is 9.98. The molecule has 0 aliphatic carbocycles. The lowest BCUT2D eigenvalue weighted by Crippen LogP contribution is -2.07. The third-order valence-corrected chi connectivity index (χ3v) is 4.52. The Kier molecular flexibility index (Phi) is 5.84. The first kappa shape index (κ1) is 19.0. The standard InChI is InChI=1S/C21H20ClNO4/c1-25-18-6-4-5-16(20(18)26-2)19(24)17-11-14(12-23-21(17)27-3)13-7-9-15(22)10-8-13/h4-12,19,24H,1-3H3. The van der Waals surface area contributed by atoms with Gasteiger partial charge in [0.05, 0.1) is 21.3 Å². The van der Waals surface area contributed by atoms with E-state index in [2.05, 4.69) is 4.98 Å². The van der Waals surface area contributed by atoms with Crippen LogP contribution in [0.25, 0.3) is 11.1 Å². The van der Waals surface area contributed by atoms with E-state index in [0.29, 0.717) is 33.5 Å². The van der Waals surface area contributed by atoms with Crippen LogP contribution in [0.1, 0.15) is 17.2 Å². The minimum atomic E-state index is -1.01. The zero-order valence-corrected chi connectivity index (χ0v) is 16.0. The Hall–Kier alpha value is -2.76. The van der Waals surface area contributed by atoms with Crippen molar-refractivity contribution in [3.05, 3.63) is 70.9 Å². The highest BCUT2D eigenvalue weighted by atomic mass is 35.5. The number of pyridine rings is 1. The SMILES string of the molecule is COc1cccc(C(O)c2cc(-c3ccc(Cl)cc3)cnc2OC)c1OC. The van der Waals surface area contributed by atoms with Crippen molar-refractivity contribution in [2.75, 3.05) is 21.3 Å². The number of para-hydroxylation sites is 1. The Morgan fingerprint density at radius 3 is 2.26 bits per heavy atom. The Labute approximate surface area is 163 Å². The molecule has 0 amide bonds. The molecular weight excluding hydrogens is 366 g/mol. The molecule has 6 heteroatoms. The second kappa shape index (κ2) is 8.29. The van der Waals surface area contributed by atoms with E-state index in [0.717, 1.165) is 11.1 Å². The van der Waals surface area contributed by atoms with Crippen molar-refractivity contribution < 1.29 is 19.3 Å². The summed E-state index contributed by atoms with van der Waals surface area (Å²) in [7, 11) is 4.61. The maximum atomic E-state index is 11.1. The van der Waals surface area contributed by atoms with Gasteiger partial charge in [-0.1, -0.05) is 35.9 Å². The molecule has 3 rings (SSSR count). The third-order valence-electron chi connectivity index (χ3n) is 4.27. The number of ether oxygens (including phenoxy) is 3. The molecular formula is C21H20ClNO4. The predicted octanol–water partition coefficient (Wildman–Crippen LogP) is 4.51. The average molecular weight is 386 g/mol. The molecule has 0 aliphatic rings. The number of halogens is 1. The van der Waals surface area contributed by atoms with Crippen LogP contribution in [0.3, 0.4) is 0 Å². The smallest absolute Gasteiger partial charge is 0.219 e. The largest absolute Gasteiger partial charge is 0.493 e. The van der Waals surface area contributed by atoms with Crippen molar-refractivity contribution in [3.63, 3.8) is 0 Å². The molecule has 3 aromatic rings. The van der Waals surface area contributed by atoms with Gasteiger partial charge in [0.2, 0.25) is 5.88 Å². The summed E-state index contributed by atoms with van der Waals surface area (Å²) in [6, 6.07) is 14.6. The van der Waals surface area contributed by atoms with E-state index >= 15 is 0 Å². The second-order valence-electron chi connectivity index (χ2n) is 5.81. The van der Waals surface area contributed by atoms with Crippen molar-refractivity contribution in [3.8, 4) is 28.5 Å². The highest BCUT2D eigenvalue weighted by Gasteiger charge is 2.23. The zero-order chi connectivity index (χ0) is 19.4. The Balaban J connectivity index is 2.10. The molecule has 1 heterocycles. The average Bonchev–Trinajstić information content (AvgIpc) is 2.72. The van der Waals surface area contributed by atoms with Gasteiger partial charge >= 0.3 is 0 Å². The fraction of sp³-hybridized carbons (Fsp3) is 0.190. The van der Waals surface area contributed by atoms with Crippen molar-refractivity contribution in [2.24, 2.45) is 0 Å². The summed E-state index contributed by atoms with van der Waals surface area (Å²) in [6.07, 6.45) is 0.686. The summed E-state index contributed by atoms with van der Waals surface area (Å²) < 4.78 is 16.1. The normalized spacial score (nSPS) is 11.7. The van der Waals surface area contributed by atoms with Crippen LogP contribution in [-0.4, -0.2) is 31.4 Å². The molecule has 2 aromatic carbocycles. The molecule has 1 atom stereocenters. The molecule has 1 aromatic heterocycles. The topological polar surface area (TPSA) is 60.8 Å². The van der Waals surface area contributed by atoms with Gasteiger partial charge < -0.3 is 19.3 Å². The van der Waals surface area contributed by atoms with Crippen LogP contribution in [0.4, 0.5) is 0 Å². The highest BCUT2D eigenvalue weighted by molar-refractivity contribution is 6.30. The number of methoxy groups -OCH3 is 3. The summed E-state index contributed by atoms with van der Waals surface area (Å²) in [5, 5.41) is 11.7. The summed E-state index contributed by atoms with van der Waals surface area (Å²) in [6.45, 7) is 0. The Morgan fingerprint density at radius 1 is 0.889 bits per heavy atom. The van der Waals surface area contributed by atoms with E-state index in [1.165, 1.54) is 14.2 Å². The van der Waals surface area contributed by atoms with Gasteiger partial charge in [0.25, 0.3) is 0 Å². The predicted molar refractivity (Wildman–Crippen MR) is 105 cm³/mol. The van der Waals surface area contributed by atoms with Crippen molar-refractivity contribution >= 4 is 11.6 Å². The van der Waals surface area contributed by atoms with Crippen molar-refractivity contribution in [2.45, 2.75) is 6.10 Å². The third kappa shape index (κ3) is 3.84. The molecule has 5 nitrogen and oxygen atoms in total. The van der Waals surface area contributed by atoms with Crippen LogP contribution >= 0.6 is 11.6 Å². The number of benzene rings is 2. The fourth-order valence-electron chi connectivity index (χ4n) is 2.93. The van der Waals surface area contributed by atoms with Gasteiger partial charge in [-0.3, -0.25) is 0 Å². The van der Waals surface area contributed by atoms with E-state index in [4.69, 9.17) is 25.8 Å². The van der Waals surface area contributed by atoms with Crippen LogP contribution in [0, 0.1) is 0 Å². The summed E-state index contributed by atoms with van der Waals surface area (Å²) in [4.78, 5) is 4.35.